The smallest absolute Gasteiger partial charge is 0.126 e. The molecule has 4 heteroatoms. The number of hydrogen-bond donors (Lipinski definition) is 1. The molecule has 0 amide bonds. The Morgan fingerprint density at radius 3 is 2.56 bits per heavy atom. The van der Waals surface area contributed by atoms with Crippen LogP contribution in [-0.2, 0) is 16.0 Å². The van der Waals surface area contributed by atoms with Gasteiger partial charge >= 0.3 is 0 Å². The number of benzene rings is 1. The first-order valence-corrected chi connectivity index (χ1v) is 6.19. The zero-order valence-electron chi connectivity index (χ0n) is 11.5. The Bertz CT molecular complexity index is 342. The van der Waals surface area contributed by atoms with Gasteiger partial charge in [0.05, 0.1) is 13.2 Å². The molecule has 0 heterocycles. The summed E-state index contributed by atoms with van der Waals surface area (Å²) in [6.07, 6.45) is 0. The third kappa shape index (κ3) is 5.04. The number of hydrogen-bond acceptors (Lipinski definition) is 4. The Labute approximate surface area is 109 Å². The van der Waals surface area contributed by atoms with E-state index in [-0.39, 0.29) is 0 Å². The SMILES string of the molecule is COCCNCc1cccc(C)c1OCCOC. The van der Waals surface area contributed by atoms with E-state index >= 15 is 0 Å². The summed E-state index contributed by atoms with van der Waals surface area (Å²) in [7, 11) is 3.38. The minimum atomic E-state index is 0.576. The minimum Gasteiger partial charge on any atom is -0.491 e. The number of para-hydroxylation sites is 1. The lowest BCUT2D eigenvalue weighted by Crippen LogP contribution is -2.19. The predicted molar refractivity (Wildman–Crippen MR) is 72.1 cm³/mol. The quantitative estimate of drug-likeness (QED) is 0.681. The highest BCUT2D eigenvalue weighted by Crippen LogP contribution is 2.23. The van der Waals surface area contributed by atoms with E-state index < -0.39 is 0 Å². The van der Waals surface area contributed by atoms with Crippen LogP contribution in [-0.4, -0.2) is 40.6 Å². The molecule has 0 aromatic heterocycles. The molecule has 1 aromatic rings. The molecule has 1 N–H and O–H groups in total. The molecular formula is C14H23NO3. The fraction of sp³-hybridized carbons (Fsp3) is 0.571. The number of aryl methyl sites for hydroxylation is 1. The van der Waals surface area contributed by atoms with E-state index in [9.17, 15) is 0 Å². The summed E-state index contributed by atoms with van der Waals surface area (Å²) in [6.45, 7) is 5.57. The Morgan fingerprint density at radius 2 is 1.83 bits per heavy atom. The highest BCUT2D eigenvalue weighted by molar-refractivity contribution is 5.40. The molecule has 0 atom stereocenters. The zero-order valence-corrected chi connectivity index (χ0v) is 11.5. The van der Waals surface area contributed by atoms with Crippen LogP contribution in [0.5, 0.6) is 5.75 Å². The second-order valence-corrected chi connectivity index (χ2v) is 4.07. The van der Waals surface area contributed by atoms with E-state index in [4.69, 9.17) is 14.2 Å². The van der Waals surface area contributed by atoms with Crippen LogP contribution < -0.4 is 10.1 Å². The number of methoxy groups -OCH3 is 2. The van der Waals surface area contributed by atoms with Gasteiger partial charge in [-0.05, 0) is 12.5 Å². The topological polar surface area (TPSA) is 39.7 Å². The normalized spacial score (nSPS) is 10.6. The van der Waals surface area contributed by atoms with Gasteiger partial charge in [0.1, 0.15) is 12.4 Å². The molecule has 0 saturated carbocycles. The highest BCUT2D eigenvalue weighted by Gasteiger charge is 2.06. The minimum absolute atomic E-state index is 0.576. The Balaban J connectivity index is 2.56. The summed E-state index contributed by atoms with van der Waals surface area (Å²) < 4.78 is 15.8. The third-order valence-corrected chi connectivity index (χ3v) is 2.63. The third-order valence-electron chi connectivity index (χ3n) is 2.63. The van der Waals surface area contributed by atoms with Crippen molar-refractivity contribution in [2.45, 2.75) is 13.5 Å². The summed E-state index contributed by atoms with van der Waals surface area (Å²) in [4.78, 5) is 0. The van der Waals surface area contributed by atoms with Crippen molar-refractivity contribution in [1.29, 1.82) is 0 Å². The molecule has 0 radical (unpaired) electrons. The van der Waals surface area contributed by atoms with Crippen molar-refractivity contribution in [3.05, 3.63) is 29.3 Å². The van der Waals surface area contributed by atoms with Gasteiger partial charge in [0, 0.05) is 32.9 Å². The predicted octanol–water partition coefficient (Wildman–Crippen LogP) is 1.76. The molecule has 0 spiro atoms. The van der Waals surface area contributed by atoms with E-state index in [0.717, 1.165) is 24.4 Å². The molecule has 0 saturated heterocycles. The van der Waals surface area contributed by atoms with Crippen LogP contribution in [0.2, 0.25) is 0 Å². The molecule has 0 aliphatic rings. The van der Waals surface area contributed by atoms with Crippen LogP contribution in [0.25, 0.3) is 0 Å². The van der Waals surface area contributed by atoms with E-state index in [1.165, 1.54) is 5.56 Å². The summed E-state index contributed by atoms with van der Waals surface area (Å²) in [5.41, 5.74) is 2.32. The summed E-state index contributed by atoms with van der Waals surface area (Å²) >= 11 is 0. The first-order chi connectivity index (χ1) is 8.79. The second-order valence-electron chi connectivity index (χ2n) is 4.07. The Morgan fingerprint density at radius 1 is 1.06 bits per heavy atom. The lowest BCUT2D eigenvalue weighted by Gasteiger charge is -2.14. The van der Waals surface area contributed by atoms with Crippen LogP contribution in [0.3, 0.4) is 0 Å². The Hall–Kier alpha value is -1.10. The summed E-state index contributed by atoms with van der Waals surface area (Å²) in [6, 6.07) is 6.18. The fourth-order valence-electron chi connectivity index (χ4n) is 1.68. The largest absolute Gasteiger partial charge is 0.491 e. The maximum atomic E-state index is 5.77. The van der Waals surface area contributed by atoms with Crippen molar-refractivity contribution < 1.29 is 14.2 Å². The monoisotopic (exact) mass is 253 g/mol. The van der Waals surface area contributed by atoms with Crippen LogP contribution in [0, 0.1) is 6.92 Å². The van der Waals surface area contributed by atoms with Gasteiger partial charge in [-0.1, -0.05) is 18.2 Å². The Kier molecular flexibility index (Phi) is 7.41. The van der Waals surface area contributed by atoms with Gasteiger partial charge < -0.3 is 19.5 Å². The standard InChI is InChI=1S/C14H23NO3/c1-12-5-4-6-13(11-15-7-8-16-2)14(12)18-10-9-17-3/h4-6,15H,7-11H2,1-3H3. The lowest BCUT2D eigenvalue weighted by molar-refractivity contribution is 0.145. The van der Waals surface area contributed by atoms with Crippen molar-refractivity contribution in [1.82, 2.24) is 5.32 Å². The number of ether oxygens (including phenoxy) is 3. The number of rotatable bonds is 9. The molecule has 0 unspecified atom stereocenters. The molecule has 1 rings (SSSR count). The van der Waals surface area contributed by atoms with Gasteiger partial charge in [-0.25, -0.2) is 0 Å². The van der Waals surface area contributed by atoms with Crippen LogP contribution in [0.1, 0.15) is 11.1 Å². The maximum absolute atomic E-state index is 5.77. The first-order valence-electron chi connectivity index (χ1n) is 6.19. The average molecular weight is 253 g/mol. The van der Waals surface area contributed by atoms with Crippen molar-refractivity contribution in [2.24, 2.45) is 0 Å². The fourth-order valence-corrected chi connectivity index (χ4v) is 1.68. The lowest BCUT2D eigenvalue weighted by atomic mass is 10.1. The van der Waals surface area contributed by atoms with Gasteiger partial charge in [-0.15, -0.1) is 0 Å². The molecule has 0 aliphatic heterocycles. The molecule has 1 aromatic carbocycles. The number of nitrogens with one attached hydrogen (secondary N) is 1. The molecule has 0 bridgehead atoms. The van der Waals surface area contributed by atoms with Crippen LogP contribution in [0.15, 0.2) is 18.2 Å². The molecule has 0 aliphatic carbocycles. The van der Waals surface area contributed by atoms with Gasteiger partial charge in [0.2, 0.25) is 0 Å². The van der Waals surface area contributed by atoms with E-state index in [2.05, 4.69) is 24.4 Å². The second kappa shape index (κ2) is 8.91. The van der Waals surface area contributed by atoms with E-state index in [0.29, 0.717) is 19.8 Å². The highest BCUT2D eigenvalue weighted by atomic mass is 16.5. The van der Waals surface area contributed by atoms with Crippen LogP contribution >= 0.6 is 0 Å². The molecule has 102 valence electrons. The summed E-state index contributed by atoms with van der Waals surface area (Å²) in [5.74, 6) is 0.958. The van der Waals surface area contributed by atoms with Gasteiger partial charge in [-0.2, -0.15) is 0 Å². The van der Waals surface area contributed by atoms with Crippen LogP contribution in [0.4, 0.5) is 0 Å². The van der Waals surface area contributed by atoms with Crippen molar-refractivity contribution in [3.63, 3.8) is 0 Å². The van der Waals surface area contributed by atoms with E-state index in [1.54, 1.807) is 14.2 Å². The van der Waals surface area contributed by atoms with Crippen molar-refractivity contribution >= 4 is 0 Å². The van der Waals surface area contributed by atoms with Crippen molar-refractivity contribution in [3.8, 4) is 5.75 Å². The molecular weight excluding hydrogens is 230 g/mol. The molecule has 0 fully saturated rings. The average Bonchev–Trinajstić information content (AvgIpc) is 2.37. The first kappa shape index (κ1) is 15.0. The van der Waals surface area contributed by atoms with Gasteiger partial charge in [-0.3, -0.25) is 0 Å². The van der Waals surface area contributed by atoms with Gasteiger partial charge in [0.15, 0.2) is 0 Å². The zero-order chi connectivity index (χ0) is 13.2. The maximum Gasteiger partial charge on any atom is 0.126 e. The van der Waals surface area contributed by atoms with Gasteiger partial charge in [0.25, 0.3) is 0 Å². The molecule has 18 heavy (non-hydrogen) atoms. The summed E-state index contributed by atoms with van der Waals surface area (Å²) in [5, 5.41) is 3.32. The van der Waals surface area contributed by atoms with Crippen molar-refractivity contribution in [2.75, 3.05) is 40.6 Å². The van der Waals surface area contributed by atoms with E-state index in [1.807, 2.05) is 6.07 Å². The molecule has 4 nitrogen and oxygen atoms in total.